The van der Waals surface area contributed by atoms with Gasteiger partial charge in [0.15, 0.2) is 0 Å². The van der Waals surface area contributed by atoms with E-state index in [2.05, 4.69) is 15.3 Å². The summed E-state index contributed by atoms with van der Waals surface area (Å²) in [4.78, 5) is 20.0. The highest BCUT2D eigenvalue weighted by atomic mass is 16.5. The minimum atomic E-state index is 0.0895. The molecule has 0 aromatic carbocycles. The van der Waals surface area contributed by atoms with Crippen LogP contribution in [0.3, 0.4) is 0 Å². The standard InChI is InChI=1S/C12H17N3O2/c1-9-6-11(15-8-14-9)7-13-12(16)10-2-4-17-5-3-10/h6,8,10H,2-5,7H2,1H3,(H,13,16). The Balaban J connectivity index is 1.83. The van der Waals surface area contributed by atoms with Crippen molar-refractivity contribution in [3.8, 4) is 0 Å². The van der Waals surface area contributed by atoms with Gasteiger partial charge >= 0.3 is 0 Å². The van der Waals surface area contributed by atoms with Gasteiger partial charge < -0.3 is 10.1 Å². The molecule has 0 spiro atoms. The Morgan fingerprint density at radius 2 is 2.24 bits per heavy atom. The number of hydrogen-bond donors (Lipinski definition) is 1. The molecule has 1 saturated heterocycles. The van der Waals surface area contributed by atoms with Crippen LogP contribution in [0.5, 0.6) is 0 Å². The maximum atomic E-state index is 11.8. The zero-order valence-electron chi connectivity index (χ0n) is 9.98. The lowest BCUT2D eigenvalue weighted by Gasteiger charge is -2.21. The van der Waals surface area contributed by atoms with Crippen LogP contribution in [0.4, 0.5) is 0 Å². The molecule has 1 fully saturated rings. The molecule has 0 unspecified atom stereocenters. The van der Waals surface area contributed by atoms with Crippen molar-refractivity contribution in [3.63, 3.8) is 0 Å². The maximum Gasteiger partial charge on any atom is 0.223 e. The fourth-order valence-electron chi connectivity index (χ4n) is 1.89. The zero-order chi connectivity index (χ0) is 12.1. The summed E-state index contributed by atoms with van der Waals surface area (Å²) in [7, 11) is 0. The SMILES string of the molecule is Cc1cc(CNC(=O)C2CCOCC2)ncn1. The van der Waals surface area contributed by atoms with E-state index in [0.717, 1.165) is 24.2 Å². The van der Waals surface area contributed by atoms with Gasteiger partial charge in [-0.2, -0.15) is 0 Å². The molecule has 2 rings (SSSR count). The van der Waals surface area contributed by atoms with Crippen LogP contribution in [0.1, 0.15) is 24.2 Å². The number of hydrogen-bond acceptors (Lipinski definition) is 4. The quantitative estimate of drug-likeness (QED) is 0.842. The topological polar surface area (TPSA) is 64.1 Å². The zero-order valence-corrected chi connectivity index (χ0v) is 9.98. The third-order valence-corrected chi connectivity index (χ3v) is 2.90. The van der Waals surface area contributed by atoms with Crippen molar-refractivity contribution in [2.75, 3.05) is 13.2 Å². The van der Waals surface area contributed by atoms with Gasteiger partial charge in [0.2, 0.25) is 5.91 Å². The number of aryl methyl sites for hydroxylation is 1. The number of rotatable bonds is 3. The van der Waals surface area contributed by atoms with Gasteiger partial charge in [-0.25, -0.2) is 9.97 Å². The second-order valence-electron chi connectivity index (χ2n) is 4.26. The number of carbonyl (C=O) groups is 1. The van der Waals surface area contributed by atoms with E-state index in [9.17, 15) is 4.79 Å². The van der Waals surface area contributed by atoms with E-state index < -0.39 is 0 Å². The lowest BCUT2D eigenvalue weighted by molar-refractivity contribution is -0.128. The van der Waals surface area contributed by atoms with Gasteiger partial charge in [0.05, 0.1) is 12.2 Å². The van der Waals surface area contributed by atoms with E-state index in [1.54, 1.807) is 0 Å². The summed E-state index contributed by atoms with van der Waals surface area (Å²) >= 11 is 0. The average Bonchev–Trinajstić information content (AvgIpc) is 2.37. The molecule has 1 aliphatic rings. The van der Waals surface area contributed by atoms with E-state index in [-0.39, 0.29) is 11.8 Å². The summed E-state index contributed by atoms with van der Waals surface area (Å²) in [5, 5.41) is 2.91. The Morgan fingerprint density at radius 1 is 1.47 bits per heavy atom. The van der Waals surface area contributed by atoms with Crippen LogP contribution >= 0.6 is 0 Å². The smallest absolute Gasteiger partial charge is 0.223 e. The van der Waals surface area contributed by atoms with E-state index in [4.69, 9.17) is 4.74 Å². The van der Waals surface area contributed by atoms with Gasteiger partial charge in [-0.3, -0.25) is 4.79 Å². The van der Waals surface area contributed by atoms with E-state index in [0.29, 0.717) is 19.8 Å². The predicted octanol–water partition coefficient (Wildman–Crippen LogP) is 0.828. The van der Waals surface area contributed by atoms with Crippen LogP contribution in [0.25, 0.3) is 0 Å². The summed E-state index contributed by atoms with van der Waals surface area (Å²) in [6.45, 7) is 3.75. The molecule has 0 radical (unpaired) electrons. The minimum Gasteiger partial charge on any atom is -0.381 e. The first-order chi connectivity index (χ1) is 8.25. The maximum absolute atomic E-state index is 11.8. The van der Waals surface area contributed by atoms with Gasteiger partial charge in [-0.05, 0) is 25.8 Å². The second-order valence-corrected chi connectivity index (χ2v) is 4.26. The molecule has 1 aromatic heterocycles. The molecule has 0 bridgehead atoms. The summed E-state index contributed by atoms with van der Waals surface area (Å²) in [5.74, 6) is 0.191. The second kappa shape index (κ2) is 5.72. The Labute approximate surface area is 101 Å². The molecule has 1 aromatic rings. The molecule has 0 saturated carbocycles. The van der Waals surface area contributed by atoms with Crippen molar-refractivity contribution in [2.45, 2.75) is 26.3 Å². The summed E-state index contributed by atoms with van der Waals surface area (Å²) in [5.41, 5.74) is 1.76. The summed E-state index contributed by atoms with van der Waals surface area (Å²) < 4.78 is 5.23. The molecule has 0 atom stereocenters. The molecule has 1 N–H and O–H groups in total. The van der Waals surface area contributed by atoms with Gasteiger partial charge in [0.1, 0.15) is 6.33 Å². The Kier molecular flexibility index (Phi) is 4.03. The minimum absolute atomic E-state index is 0.0895. The van der Waals surface area contributed by atoms with Crippen molar-refractivity contribution in [2.24, 2.45) is 5.92 Å². The van der Waals surface area contributed by atoms with Gasteiger partial charge in [0.25, 0.3) is 0 Å². The fourth-order valence-corrected chi connectivity index (χ4v) is 1.89. The number of carbonyl (C=O) groups excluding carboxylic acids is 1. The van der Waals surface area contributed by atoms with E-state index in [1.165, 1.54) is 6.33 Å². The van der Waals surface area contributed by atoms with Crippen LogP contribution in [-0.4, -0.2) is 29.1 Å². The monoisotopic (exact) mass is 235 g/mol. The van der Waals surface area contributed by atoms with Crippen LogP contribution in [0.15, 0.2) is 12.4 Å². The highest BCUT2D eigenvalue weighted by Gasteiger charge is 2.21. The number of amides is 1. The van der Waals surface area contributed by atoms with Crippen molar-refractivity contribution in [1.82, 2.24) is 15.3 Å². The first kappa shape index (κ1) is 12.0. The van der Waals surface area contributed by atoms with Crippen LogP contribution in [0, 0.1) is 12.8 Å². The first-order valence-electron chi connectivity index (χ1n) is 5.88. The highest BCUT2D eigenvalue weighted by molar-refractivity contribution is 5.78. The summed E-state index contributed by atoms with van der Waals surface area (Å²) in [6, 6.07) is 1.88. The molecule has 5 heteroatoms. The van der Waals surface area contributed by atoms with E-state index in [1.807, 2.05) is 13.0 Å². The number of nitrogens with one attached hydrogen (secondary N) is 1. The predicted molar refractivity (Wildman–Crippen MR) is 62.2 cm³/mol. The average molecular weight is 235 g/mol. The third kappa shape index (κ3) is 3.49. The highest BCUT2D eigenvalue weighted by Crippen LogP contribution is 2.14. The van der Waals surface area contributed by atoms with Crippen LogP contribution in [0.2, 0.25) is 0 Å². The lowest BCUT2D eigenvalue weighted by Crippen LogP contribution is -2.34. The van der Waals surface area contributed by atoms with Crippen LogP contribution < -0.4 is 5.32 Å². The van der Waals surface area contributed by atoms with Crippen molar-refractivity contribution in [3.05, 3.63) is 23.8 Å². The Morgan fingerprint density at radius 3 is 2.94 bits per heavy atom. The summed E-state index contributed by atoms with van der Waals surface area (Å²) in [6.07, 6.45) is 3.15. The Hall–Kier alpha value is -1.49. The Bertz CT molecular complexity index is 389. The molecule has 0 aliphatic carbocycles. The first-order valence-corrected chi connectivity index (χ1v) is 5.88. The largest absolute Gasteiger partial charge is 0.381 e. The van der Waals surface area contributed by atoms with Gasteiger partial charge in [-0.1, -0.05) is 0 Å². The molecule has 1 aliphatic heterocycles. The normalized spacial score (nSPS) is 16.8. The van der Waals surface area contributed by atoms with Crippen molar-refractivity contribution >= 4 is 5.91 Å². The van der Waals surface area contributed by atoms with E-state index >= 15 is 0 Å². The number of aromatic nitrogens is 2. The molecule has 2 heterocycles. The molecule has 1 amide bonds. The molecule has 92 valence electrons. The van der Waals surface area contributed by atoms with Gasteiger partial charge in [-0.15, -0.1) is 0 Å². The number of ether oxygens (including phenoxy) is 1. The molecular weight excluding hydrogens is 218 g/mol. The lowest BCUT2D eigenvalue weighted by atomic mass is 9.99. The van der Waals surface area contributed by atoms with Crippen molar-refractivity contribution in [1.29, 1.82) is 0 Å². The fraction of sp³-hybridized carbons (Fsp3) is 0.583. The van der Waals surface area contributed by atoms with Crippen molar-refractivity contribution < 1.29 is 9.53 Å². The molecule has 17 heavy (non-hydrogen) atoms. The third-order valence-electron chi connectivity index (χ3n) is 2.90. The van der Waals surface area contributed by atoms with Crippen LogP contribution in [-0.2, 0) is 16.1 Å². The number of nitrogens with zero attached hydrogens (tertiary/aromatic N) is 2. The van der Waals surface area contributed by atoms with Gasteiger partial charge in [0, 0.05) is 24.8 Å². The molecular formula is C12H17N3O2. The molecule has 5 nitrogen and oxygen atoms in total.